The number of amides is 2. The average molecular weight is 346 g/mol. The molecule has 0 aliphatic heterocycles. The van der Waals surface area contributed by atoms with E-state index in [1.807, 2.05) is 0 Å². The van der Waals surface area contributed by atoms with Gasteiger partial charge in [-0.05, 0) is 52.0 Å². The van der Waals surface area contributed by atoms with Gasteiger partial charge in [-0.3, -0.25) is 9.59 Å². The van der Waals surface area contributed by atoms with Gasteiger partial charge >= 0.3 is 0 Å². The van der Waals surface area contributed by atoms with Gasteiger partial charge in [-0.15, -0.1) is 0 Å². The second-order valence-corrected chi connectivity index (χ2v) is 7.01. The Hall–Kier alpha value is -2.17. The van der Waals surface area contributed by atoms with E-state index in [9.17, 15) is 14.0 Å². The molecule has 136 valence electrons. The number of rotatable bonds is 7. The number of allylic oxidation sites excluding steroid dienone is 1. The highest BCUT2D eigenvalue weighted by atomic mass is 19.1. The Balaban J connectivity index is 1.81. The maximum atomic E-state index is 13.6. The van der Waals surface area contributed by atoms with Crippen molar-refractivity contribution in [2.75, 3.05) is 6.54 Å². The lowest BCUT2D eigenvalue weighted by molar-refractivity contribution is -0.141. The summed E-state index contributed by atoms with van der Waals surface area (Å²) in [5.41, 5.74) is 0.580. The van der Waals surface area contributed by atoms with Gasteiger partial charge in [0.2, 0.25) is 11.8 Å². The molecule has 1 aromatic carbocycles. The standard InChI is InChI=1S/C20H27FN2O2/c1-20(2,18(24)22-13-12-15-8-4-3-5-9-15)19(25)23-14-16-10-6-7-11-17(16)21/h6-8,10-11H,3-5,9,12-14H2,1-2H3,(H,22,24)(H,23,25). The third-order valence-corrected chi connectivity index (χ3v) is 4.65. The second kappa shape index (κ2) is 8.79. The summed E-state index contributed by atoms with van der Waals surface area (Å²) in [6.07, 6.45) is 7.75. The minimum atomic E-state index is -1.20. The molecule has 0 spiro atoms. The van der Waals surface area contributed by atoms with Crippen molar-refractivity contribution in [3.8, 4) is 0 Å². The molecule has 2 rings (SSSR count). The Kier molecular flexibility index (Phi) is 6.73. The predicted molar refractivity (Wildman–Crippen MR) is 96.2 cm³/mol. The Labute approximate surface area is 148 Å². The monoisotopic (exact) mass is 346 g/mol. The van der Waals surface area contributed by atoms with E-state index in [0.29, 0.717) is 12.1 Å². The summed E-state index contributed by atoms with van der Waals surface area (Å²) in [7, 11) is 0. The maximum Gasteiger partial charge on any atom is 0.235 e. The van der Waals surface area contributed by atoms with Crippen molar-refractivity contribution < 1.29 is 14.0 Å². The van der Waals surface area contributed by atoms with E-state index < -0.39 is 11.3 Å². The van der Waals surface area contributed by atoms with Crippen LogP contribution in [0.25, 0.3) is 0 Å². The zero-order valence-electron chi connectivity index (χ0n) is 15.0. The normalized spacial score (nSPS) is 14.6. The highest BCUT2D eigenvalue weighted by Gasteiger charge is 2.35. The first-order valence-electron chi connectivity index (χ1n) is 8.89. The first kappa shape index (κ1) is 19.2. The van der Waals surface area contributed by atoms with Crippen LogP contribution in [-0.2, 0) is 16.1 Å². The molecule has 1 aliphatic rings. The summed E-state index contributed by atoms with van der Waals surface area (Å²) in [5, 5.41) is 5.50. The van der Waals surface area contributed by atoms with Crippen molar-refractivity contribution in [3.63, 3.8) is 0 Å². The van der Waals surface area contributed by atoms with E-state index in [1.54, 1.807) is 32.0 Å². The van der Waals surface area contributed by atoms with Crippen LogP contribution >= 0.6 is 0 Å². The molecule has 0 atom stereocenters. The fourth-order valence-corrected chi connectivity index (χ4v) is 2.83. The van der Waals surface area contributed by atoms with Crippen LogP contribution in [0.15, 0.2) is 35.9 Å². The summed E-state index contributed by atoms with van der Waals surface area (Å²) >= 11 is 0. The van der Waals surface area contributed by atoms with Crippen molar-refractivity contribution in [2.24, 2.45) is 5.41 Å². The molecule has 0 unspecified atom stereocenters. The van der Waals surface area contributed by atoms with E-state index >= 15 is 0 Å². The number of nitrogens with one attached hydrogen (secondary N) is 2. The van der Waals surface area contributed by atoms with Crippen molar-refractivity contribution in [1.29, 1.82) is 0 Å². The van der Waals surface area contributed by atoms with Gasteiger partial charge in [-0.1, -0.05) is 29.8 Å². The number of halogens is 1. The van der Waals surface area contributed by atoms with Crippen LogP contribution in [0, 0.1) is 11.2 Å². The van der Waals surface area contributed by atoms with Gasteiger partial charge in [-0.2, -0.15) is 0 Å². The number of carbonyl (C=O) groups excluding carboxylic acids is 2. The third kappa shape index (κ3) is 5.41. The highest BCUT2D eigenvalue weighted by molar-refractivity contribution is 6.04. The van der Waals surface area contributed by atoms with Crippen LogP contribution in [0.4, 0.5) is 4.39 Å². The summed E-state index contributed by atoms with van der Waals surface area (Å²) in [4.78, 5) is 24.7. The Morgan fingerprint density at radius 2 is 1.84 bits per heavy atom. The van der Waals surface area contributed by atoms with E-state index in [4.69, 9.17) is 0 Å². The SMILES string of the molecule is CC(C)(C(=O)NCCC1=CCCCC1)C(=O)NCc1ccccc1F. The quantitative estimate of drug-likeness (QED) is 0.587. The molecule has 0 saturated heterocycles. The molecule has 0 heterocycles. The predicted octanol–water partition coefficient (Wildman–Crippen LogP) is 3.47. The summed E-state index contributed by atoms with van der Waals surface area (Å²) in [5.74, 6) is -1.09. The fourth-order valence-electron chi connectivity index (χ4n) is 2.83. The Morgan fingerprint density at radius 1 is 1.12 bits per heavy atom. The first-order chi connectivity index (χ1) is 11.9. The zero-order valence-corrected chi connectivity index (χ0v) is 15.0. The molecule has 4 nitrogen and oxygen atoms in total. The lowest BCUT2D eigenvalue weighted by atomic mass is 9.90. The van der Waals surface area contributed by atoms with Crippen molar-refractivity contribution in [2.45, 2.75) is 52.5 Å². The van der Waals surface area contributed by atoms with Crippen molar-refractivity contribution >= 4 is 11.8 Å². The number of hydrogen-bond acceptors (Lipinski definition) is 2. The van der Waals surface area contributed by atoms with Crippen LogP contribution in [0.3, 0.4) is 0 Å². The minimum Gasteiger partial charge on any atom is -0.355 e. The van der Waals surface area contributed by atoms with Crippen LogP contribution in [0.5, 0.6) is 0 Å². The lowest BCUT2D eigenvalue weighted by Gasteiger charge is -2.23. The molecule has 0 saturated carbocycles. The van der Waals surface area contributed by atoms with Gasteiger partial charge in [0.25, 0.3) is 0 Å². The fraction of sp³-hybridized carbons (Fsp3) is 0.500. The van der Waals surface area contributed by atoms with Crippen molar-refractivity contribution in [3.05, 3.63) is 47.3 Å². The van der Waals surface area contributed by atoms with Gasteiger partial charge in [0.05, 0.1) is 0 Å². The summed E-state index contributed by atoms with van der Waals surface area (Å²) < 4.78 is 13.6. The molecule has 0 fully saturated rings. The number of carbonyl (C=O) groups is 2. The summed E-state index contributed by atoms with van der Waals surface area (Å²) in [6.45, 7) is 3.77. The molecule has 0 bridgehead atoms. The van der Waals surface area contributed by atoms with Crippen LogP contribution < -0.4 is 10.6 Å². The topological polar surface area (TPSA) is 58.2 Å². The molecule has 0 aromatic heterocycles. The average Bonchev–Trinajstić information content (AvgIpc) is 2.61. The largest absolute Gasteiger partial charge is 0.355 e. The second-order valence-electron chi connectivity index (χ2n) is 7.01. The zero-order chi connectivity index (χ0) is 18.3. The van der Waals surface area contributed by atoms with Crippen LogP contribution in [0.2, 0.25) is 0 Å². The van der Waals surface area contributed by atoms with Gasteiger partial charge in [0.1, 0.15) is 11.2 Å². The molecular weight excluding hydrogens is 319 g/mol. The molecule has 1 aliphatic carbocycles. The molecular formula is C20H27FN2O2. The van der Waals surface area contributed by atoms with E-state index in [1.165, 1.54) is 24.5 Å². The molecule has 25 heavy (non-hydrogen) atoms. The van der Waals surface area contributed by atoms with E-state index in [2.05, 4.69) is 16.7 Å². The molecule has 2 N–H and O–H groups in total. The van der Waals surface area contributed by atoms with Crippen LogP contribution in [0.1, 0.15) is 51.5 Å². The third-order valence-electron chi connectivity index (χ3n) is 4.65. The van der Waals surface area contributed by atoms with Gasteiger partial charge in [-0.25, -0.2) is 4.39 Å². The summed E-state index contributed by atoms with van der Waals surface area (Å²) in [6, 6.07) is 6.27. The van der Waals surface area contributed by atoms with Gasteiger partial charge in [0.15, 0.2) is 0 Å². The first-order valence-corrected chi connectivity index (χ1v) is 8.89. The van der Waals surface area contributed by atoms with E-state index in [0.717, 1.165) is 19.3 Å². The molecule has 2 amide bonds. The minimum absolute atomic E-state index is 0.0646. The maximum absolute atomic E-state index is 13.6. The molecule has 0 radical (unpaired) electrons. The van der Waals surface area contributed by atoms with E-state index in [-0.39, 0.29) is 18.3 Å². The highest BCUT2D eigenvalue weighted by Crippen LogP contribution is 2.20. The Morgan fingerprint density at radius 3 is 2.52 bits per heavy atom. The number of hydrogen-bond donors (Lipinski definition) is 2. The van der Waals surface area contributed by atoms with Crippen molar-refractivity contribution in [1.82, 2.24) is 10.6 Å². The van der Waals surface area contributed by atoms with Crippen LogP contribution in [-0.4, -0.2) is 18.4 Å². The number of benzene rings is 1. The molecule has 1 aromatic rings. The molecule has 5 heteroatoms. The Bertz CT molecular complexity index is 653. The van der Waals surface area contributed by atoms with Gasteiger partial charge in [0, 0.05) is 18.7 Å². The van der Waals surface area contributed by atoms with Gasteiger partial charge < -0.3 is 10.6 Å². The lowest BCUT2D eigenvalue weighted by Crippen LogP contribution is -2.47. The smallest absolute Gasteiger partial charge is 0.235 e.